The molecule has 0 saturated carbocycles. The molecule has 1 nitrogen and oxygen atoms in total. The van der Waals surface area contributed by atoms with Gasteiger partial charge in [-0.05, 0) is 25.4 Å². The maximum Gasteiger partial charge on any atom is 0.00852 e. The lowest BCUT2D eigenvalue weighted by molar-refractivity contribution is 0.517. The molecule has 0 fully saturated rings. The fraction of sp³-hybridized carbons (Fsp3) is 1.00. The van der Waals surface area contributed by atoms with E-state index in [2.05, 4.69) is 45.6 Å². The maximum absolute atomic E-state index is 4.44. The first-order valence-electron chi connectivity index (χ1n) is 4.35. The van der Waals surface area contributed by atoms with Gasteiger partial charge in [0.1, 0.15) is 0 Å². The van der Waals surface area contributed by atoms with Gasteiger partial charge in [-0.25, -0.2) is 0 Å². The van der Waals surface area contributed by atoms with Gasteiger partial charge < -0.3 is 5.32 Å². The van der Waals surface area contributed by atoms with E-state index < -0.39 is 0 Å². The molecule has 0 saturated heterocycles. The van der Waals surface area contributed by atoms with Crippen LogP contribution in [0.15, 0.2) is 0 Å². The first-order valence-corrected chi connectivity index (χ1v) is 4.79. The lowest BCUT2D eigenvalue weighted by Gasteiger charge is -2.17. The van der Waals surface area contributed by atoms with Crippen molar-refractivity contribution in [3.63, 3.8) is 0 Å². The molecular formula is C9H21NS. The van der Waals surface area contributed by atoms with Crippen molar-refractivity contribution in [1.29, 1.82) is 0 Å². The zero-order chi connectivity index (χ0) is 8.91. The molecule has 0 bridgehead atoms. The predicted octanol–water partition coefficient (Wildman–Crippen LogP) is 2.33. The molecule has 0 spiro atoms. The van der Waals surface area contributed by atoms with Crippen molar-refractivity contribution in [2.24, 2.45) is 5.92 Å². The van der Waals surface area contributed by atoms with Crippen molar-refractivity contribution < 1.29 is 0 Å². The Hall–Kier alpha value is 0.310. The smallest absolute Gasteiger partial charge is 0.00852 e. The number of rotatable bonds is 5. The number of hydrogen-bond acceptors (Lipinski definition) is 2. The van der Waals surface area contributed by atoms with E-state index in [9.17, 15) is 0 Å². The Morgan fingerprint density at radius 1 is 1.36 bits per heavy atom. The summed E-state index contributed by atoms with van der Waals surface area (Å²) in [7, 11) is 0. The van der Waals surface area contributed by atoms with Crippen LogP contribution < -0.4 is 5.32 Å². The van der Waals surface area contributed by atoms with Crippen molar-refractivity contribution in [2.75, 3.05) is 13.1 Å². The highest BCUT2D eigenvalue weighted by molar-refractivity contribution is 7.81. The van der Waals surface area contributed by atoms with Gasteiger partial charge in [0.15, 0.2) is 0 Å². The Kier molecular flexibility index (Phi) is 5.19. The van der Waals surface area contributed by atoms with Gasteiger partial charge in [0.25, 0.3) is 0 Å². The molecule has 0 rings (SSSR count). The summed E-state index contributed by atoms with van der Waals surface area (Å²) in [6.07, 6.45) is 1.13. The lowest BCUT2D eigenvalue weighted by Crippen LogP contribution is -2.25. The number of hydrogen-bond donors (Lipinski definition) is 2. The summed E-state index contributed by atoms with van der Waals surface area (Å²) in [6, 6.07) is 0. The molecule has 0 aromatic rings. The lowest BCUT2D eigenvalue weighted by atomic mass is 10.1. The first kappa shape index (κ1) is 11.3. The Morgan fingerprint density at radius 2 is 1.91 bits per heavy atom. The van der Waals surface area contributed by atoms with Crippen molar-refractivity contribution >= 4 is 12.6 Å². The van der Waals surface area contributed by atoms with Crippen LogP contribution in [-0.4, -0.2) is 17.8 Å². The Labute approximate surface area is 76.4 Å². The molecule has 0 aliphatic heterocycles. The molecule has 0 aromatic heterocycles. The summed E-state index contributed by atoms with van der Waals surface area (Å²) in [6.45, 7) is 10.9. The highest BCUT2D eigenvalue weighted by Crippen LogP contribution is 2.15. The van der Waals surface area contributed by atoms with E-state index in [1.807, 2.05) is 0 Å². The van der Waals surface area contributed by atoms with Gasteiger partial charge >= 0.3 is 0 Å². The molecule has 2 heteroatoms. The van der Waals surface area contributed by atoms with E-state index in [4.69, 9.17) is 0 Å². The van der Waals surface area contributed by atoms with Gasteiger partial charge in [-0.15, -0.1) is 0 Å². The highest BCUT2D eigenvalue weighted by Gasteiger charge is 2.09. The molecule has 0 atom stereocenters. The maximum atomic E-state index is 4.44. The third-order valence-electron chi connectivity index (χ3n) is 1.47. The Bertz CT molecular complexity index is 94.2. The third-order valence-corrected chi connectivity index (χ3v) is 1.69. The summed E-state index contributed by atoms with van der Waals surface area (Å²) < 4.78 is 0.171. The molecule has 0 aromatic carbocycles. The SMILES string of the molecule is CC(C)CNCCC(C)(C)S. The van der Waals surface area contributed by atoms with Crippen molar-refractivity contribution in [3.8, 4) is 0 Å². The zero-order valence-electron chi connectivity index (χ0n) is 8.15. The standard InChI is InChI=1S/C9H21NS/c1-8(2)7-10-6-5-9(3,4)11/h8,10-11H,5-7H2,1-4H3. The van der Waals surface area contributed by atoms with E-state index in [-0.39, 0.29) is 4.75 Å². The summed E-state index contributed by atoms with van der Waals surface area (Å²) >= 11 is 4.44. The molecule has 11 heavy (non-hydrogen) atoms. The average Bonchev–Trinajstić information content (AvgIpc) is 1.78. The van der Waals surface area contributed by atoms with E-state index in [1.54, 1.807) is 0 Å². The number of thiol groups is 1. The second kappa shape index (κ2) is 5.04. The molecule has 68 valence electrons. The molecule has 0 aliphatic rings. The van der Waals surface area contributed by atoms with E-state index in [0.29, 0.717) is 0 Å². The Balaban J connectivity index is 3.15. The highest BCUT2D eigenvalue weighted by atomic mass is 32.1. The first-order chi connectivity index (χ1) is 4.92. The molecule has 0 amide bonds. The molecule has 0 radical (unpaired) electrons. The summed E-state index contributed by atoms with van der Waals surface area (Å²) in [5.74, 6) is 0.748. The monoisotopic (exact) mass is 175 g/mol. The minimum Gasteiger partial charge on any atom is -0.316 e. The molecule has 1 N–H and O–H groups in total. The zero-order valence-corrected chi connectivity index (χ0v) is 9.04. The van der Waals surface area contributed by atoms with Crippen LogP contribution in [0.2, 0.25) is 0 Å². The quantitative estimate of drug-likeness (QED) is 0.483. The summed E-state index contributed by atoms with van der Waals surface area (Å²) in [4.78, 5) is 0. The van der Waals surface area contributed by atoms with Gasteiger partial charge in [0.2, 0.25) is 0 Å². The molecule has 0 aliphatic carbocycles. The van der Waals surface area contributed by atoms with Crippen LogP contribution in [-0.2, 0) is 0 Å². The van der Waals surface area contributed by atoms with Gasteiger partial charge in [-0.3, -0.25) is 0 Å². The van der Waals surface area contributed by atoms with Crippen LogP contribution in [0.5, 0.6) is 0 Å². The van der Waals surface area contributed by atoms with Crippen LogP contribution in [0, 0.1) is 5.92 Å². The van der Waals surface area contributed by atoms with Crippen molar-refractivity contribution in [1.82, 2.24) is 5.32 Å². The predicted molar refractivity (Wildman–Crippen MR) is 55.4 cm³/mol. The van der Waals surface area contributed by atoms with Crippen molar-refractivity contribution in [3.05, 3.63) is 0 Å². The van der Waals surface area contributed by atoms with E-state index >= 15 is 0 Å². The van der Waals surface area contributed by atoms with E-state index in [1.165, 1.54) is 0 Å². The molecule has 0 heterocycles. The third kappa shape index (κ3) is 10.3. The molecule has 0 unspecified atom stereocenters. The summed E-state index contributed by atoms with van der Waals surface area (Å²) in [5.41, 5.74) is 0. The van der Waals surface area contributed by atoms with Gasteiger partial charge in [0.05, 0.1) is 0 Å². The van der Waals surface area contributed by atoms with Crippen LogP contribution in [0.4, 0.5) is 0 Å². The van der Waals surface area contributed by atoms with Crippen molar-refractivity contribution in [2.45, 2.75) is 38.9 Å². The van der Waals surface area contributed by atoms with E-state index in [0.717, 1.165) is 25.4 Å². The van der Waals surface area contributed by atoms with Gasteiger partial charge in [-0.2, -0.15) is 12.6 Å². The fourth-order valence-electron chi connectivity index (χ4n) is 0.785. The Morgan fingerprint density at radius 3 is 2.27 bits per heavy atom. The van der Waals surface area contributed by atoms with Crippen LogP contribution in [0.25, 0.3) is 0 Å². The minimum atomic E-state index is 0.171. The average molecular weight is 175 g/mol. The van der Waals surface area contributed by atoms with Crippen LogP contribution >= 0.6 is 12.6 Å². The van der Waals surface area contributed by atoms with Gasteiger partial charge in [-0.1, -0.05) is 27.7 Å². The second-order valence-corrected chi connectivity index (χ2v) is 5.37. The van der Waals surface area contributed by atoms with Gasteiger partial charge in [0, 0.05) is 4.75 Å². The topological polar surface area (TPSA) is 12.0 Å². The molecular weight excluding hydrogens is 154 g/mol. The number of nitrogens with one attached hydrogen (secondary N) is 1. The van der Waals surface area contributed by atoms with Crippen LogP contribution in [0.3, 0.4) is 0 Å². The fourth-order valence-corrected chi connectivity index (χ4v) is 0.897. The summed E-state index contributed by atoms with van der Waals surface area (Å²) in [5, 5.41) is 3.39. The second-order valence-electron chi connectivity index (χ2n) is 4.16. The van der Waals surface area contributed by atoms with Crippen LogP contribution in [0.1, 0.15) is 34.1 Å². The minimum absolute atomic E-state index is 0.171. The largest absolute Gasteiger partial charge is 0.316 e. The normalized spacial score (nSPS) is 12.5.